The van der Waals surface area contributed by atoms with Gasteiger partial charge < -0.3 is 4.74 Å². The van der Waals surface area contributed by atoms with Gasteiger partial charge in [0.15, 0.2) is 0 Å². The normalized spacial score (nSPS) is 24.9. The van der Waals surface area contributed by atoms with E-state index in [1.807, 2.05) is 0 Å². The maximum Gasteiger partial charge on any atom is 0.445 e. The van der Waals surface area contributed by atoms with Crippen LogP contribution < -0.4 is 5.32 Å². The number of pyridine rings is 1. The molecule has 20 heavy (non-hydrogen) atoms. The van der Waals surface area contributed by atoms with Crippen molar-refractivity contribution in [3.8, 4) is 11.8 Å². The fourth-order valence-electron chi connectivity index (χ4n) is 1.92. The number of halogens is 3. The quantitative estimate of drug-likeness (QED) is 0.744. The second-order valence-electron chi connectivity index (χ2n) is 4.66. The first-order chi connectivity index (χ1) is 9.42. The molecule has 0 aromatic carbocycles. The van der Waals surface area contributed by atoms with Gasteiger partial charge in [-0.25, -0.2) is 4.79 Å². The summed E-state index contributed by atoms with van der Waals surface area (Å²) in [5.74, 6) is 4.61. The van der Waals surface area contributed by atoms with E-state index in [0.29, 0.717) is 0 Å². The largest absolute Gasteiger partial charge is 0.445 e. The lowest BCUT2D eigenvalue weighted by Crippen LogP contribution is -2.49. The van der Waals surface area contributed by atoms with Crippen LogP contribution in [0.15, 0.2) is 18.5 Å². The maximum atomic E-state index is 13.5. The third-order valence-electron chi connectivity index (χ3n) is 3.11. The molecule has 1 aliphatic heterocycles. The number of carbonyl (C=O) groups is 1. The van der Waals surface area contributed by atoms with E-state index in [1.54, 1.807) is 0 Å². The zero-order valence-corrected chi connectivity index (χ0v) is 10.1. The van der Waals surface area contributed by atoms with E-state index in [4.69, 9.17) is 0 Å². The number of cyclic esters (lactones) is 1. The van der Waals surface area contributed by atoms with Gasteiger partial charge in [0, 0.05) is 18.3 Å². The average Bonchev–Trinajstić information content (AvgIpc) is 3.18. The molecule has 1 saturated carbocycles. The van der Waals surface area contributed by atoms with Crippen molar-refractivity contribution in [1.29, 1.82) is 0 Å². The summed E-state index contributed by atoms with van der Waals surface area (Å²) in [6.07, 6.45) is -2.17. The topological polar surface area (TPSA) is 51.2 Å². The number of nitrogens with zero attached hydrogens (tertiary/aromatic N) is 1. The van der Waals surface area contributed by atoms with Crippen LogP contribution in [0.2, 0.25) is 0 Å². The molecule has 1 aromatic rings. The maximum absolute atomic E-state index is 13.5. The average molecular weight is 282 g/mol. The fourth-order valence-corrected chi connectivity index (χ4v) is 1.92. The number of rotatable bonds is 0. The van der Waals surface area contributed by atoms with Gasteiger partial charge in [0.2, 0.25) is 0 Å². The van der Waals surface area contributed by atoms with Crippen molar-refractivity contribution >= 4 is 11.8 Å². The number of carbonyl (C=O) groups excluding carboxylic acids is 1. The summed E-state index contributed by atoms with van der Waals surface area (Å²) < 4.78 is 45.0. The van der Waals surface area contributed by atoms with Gasteiger partial charge in [-0.1, -0.05) is 5.92 Å². The third kappa shape index (κ3) is 1.97. The Kier molecular flexibility index (Phi) is 2.64. The van der Waals surface area contributed by atoms with Gasteiger partial charge in [-0.3, -0.25) is 10.3 Å². The van der Waals surface area contributed by atoms with Crippen molar-refractivity contribution in [1.82, 2.24) is 4.98 Å². The zero-order chi connectivity index (χ0) is 14.4. The Morgan fingerprint density at radius 3 is 2.85 bits per heavy atom. The molecular formula is C13H9F3N2O2. The van der Waals surface area contributed by atoms with Crippen molar-refractivity contribution in [2.24, 2.45) is 5.92 Å². The summed E-state index contributed by atoms with van der Waals surface area (Å²) >= 11 is 0. The molecule has 4 nitrogen and oxygen atoms in total. The van der Waals surface area contributed by atoms with Gasteiger partial charge >= 0.3 is 12.3 Å². The lowest BCUT2D eigenvalue weighted by molar-refractivity contribution is -0.239. The highest BCUT2D eigenvalue weighted by molar-refractivity contribution is 5.89. The number of ether oxygens (including phenoxy) is 1. The van der Waals surface area contributed by atoms with E-state index in [2.05, 4.69) is 26.9 Å². The Balaban J connectivity index is 2.19. The predicted molar refractivity (Wildman–Crippen MR) is 62.6 cm³/mol. The van der Waals surface area contributed by atoms with Crippen molar-refractivity contribution < 1.29 is 22.7 Å². The minimum Gasteiger partial charge on any atom is -0.415 e. The van der Waals surface area contributed by atoms with Crippen LogP contribution in [0.25, 0.3) is 0 Å². The minimum atomic E-state index is -4.84. The number of hydrogen-bond acceptors (Lipinski definition) is 3. The first kappa shape index (κ1) is 12.8. The molecule has 7 heteroatoms. The van der Waals surface area contributed by atoms with Crippen LogP contribution >= 0.6 is 0 Å². The number of anilines is 1. The summed E-state index contributed by atoms with van der Waals surface area (Å²) in [5.41, 5.74) is -3.22. The Labute approximate surface area is 112 Å². The number of amides is 1. The van der Waals surface area contributed by atoms with Crippen LogP contribution in [-0.4, -0.2) is 17.3 Å². The summed E-state index contributed by atoms with van der Waals surface area (Å²) in [6.45, 7) is 0. The Bertz CT molecular complexity index is 628. The van der Waals surface area contributed by atoms with Crippen LogP contribution in [0.3, 0.4) is 0 Å². The van der Waals surface area contributed by atoms with Gasteiger partial charge in [0.1, 0.15) is 0 Å². The third-order valence-corrected chi connectivity index (χ3v) is 3.11. The molecule has 1 fully saturated rings. The second-order valence-corrected chi connectivity index (χ2v) is 4.66. The molecule has 2 aliphatic rings. The summed E-state index contributed by atoms with van der Waals surface area (Å²) in [4.78, 5) is 15.1. The van der Waals surface area contributed by atoms with Crippen LogP contribution in [0.5, 0.6) is 0 Å². The number of aromatic nitrogens is 1. The Morgan fingerprint density at radius 1 is 1.45 bits per heavy atom. The molecule has 104 valence electrons. The molecule has 1 amide bonds. The van der Waals surface area contributed by atoms with Gasteiger partial charge in [0.05, 0.1) is 11.3 Å². The van der Waals surface area contributed by atoms with Crippen LogP contribution in [0.4, 0.5) is 23.7 Å². The fraction of sp³-hybridized carbons (Fsp3) is 0.385. The van der Waals surface area contributed by atoms with E-state index in [9.17, 15) is 18.0 Å². The molecule has 2 heterocycles. The lowest BCUT2D eigenvalue weighted by atomic mass is 9.92. The van der Waals surface area contributed by atoms with Crippen LogP contribution in [-0.2, 0) is 10.3 Å². The van der Waals surface area contributed by atoms with Crippen LogP contribution in [0, 0.1) is 17.8 Å². The number of nitrogens with one attached hydrogen (secondary N) is 1. The summed E-state index contributed by atoms with van der Waals surface area (Å²) in [6, 6.07) is 1.29. The number of fused-ring (bicyclic) bond motifs is 1. The lowest BCUT2D eigenvalue weighted by Gasteiger charge is -2.35. The van der Waals surface area contributed by atoms with Crippen LogP contribution in [0.1, 0.15) is 18.4 Å². The minimum absolute atomic E-state index is 0.0127. The van der Waals surface area contributed by atoms with Gasteiger partial charge in [0.25, 0.3) is 5.60 Å². The van der Waals surface area contributed by atoms with Gasteiger partial charge in [-0.15, -0.1) is 0 Å². The molecule has 1 unspecified atom stereocenters. The second kappa shape index (κ2) is 4.13. The molecule has 3 rings (SSSR count). The smallest absolute Gasteiger partial charge is 0.415 e. The molecule has 1 atom stereocenters. The highest BCUT2D eigenvalue weighted by atomic mass is 19.4. The Morgan fingerprint density at radius 2 is 2.20 bits per heavy atom. The van der Waals surface area contributed by atoms with Crippen molar-refractivity contribution in [3.05, 3.63) is 24.0 Å². The van der Waals surface area contributed by atoms with Crippen molar-refractivity contribution in [2.45, 2.75) is 24.6 Å². The van der Waals surface area contributed by atoms with E-state index >= 15 is 0 Å². The van der Waals surface area contributed by atoms with E-state index in [-0.39, 0.29) is 17.2 Å². The standard InChI is InChI=1S/C13H9F3N2O2/c14-13(15,16)12(5-3-8-1-2-8)9-7-17-6-4-10(9)18-11(19)20-12/h4,6-8H,1-2H2,(H,18,19). The molecule has 0 saturated heterocycles. The zero-order valence-electron chi connectivity index (χ0n) is 10.1. The monoisotopic (exact) mass is 282 g/mol. The molecule has 0 bridgehead atoms. The van der Waals surface area contributed by atoms with Crippen molar-refractivity contribution in [2.75, 3.05) is 5.32 Å². The number of alkyl halides is 3. The molecule has 0 spiro atoms. The molecule has 1 aliphatic carbocycles. The molecule has 0 radical (unpaired) electrons. The first-order valence-corrected chi connectivity index (χ1v) is 5.96. The van der Waals surface area contributed by atoms with Gasteiger partial charge in [-0.2, -0.15) is 13.2 Å². The highest BCUT2D eigenvalue weighted by Crippen LogP contribution is 2.47. The van der Waals surface area contributed by atoms with E-state index < -0.39 is 17.9 Å². The Hall–Kier alpha value is -2.23. The van der Waals surface area contributed by atoms with E-state index in [1.165, 1.54) is 12.3 Å². The highest BCUT2D eigenvalue weighted by Gasteiger charge is 2.62. The number of hydrogen-bond donors (Lipinski definition) is 1. The molecular weight excluding hydrogens is 273 g/mol. The predicted octanol–water partition coefficient (Wildman–Crippen LogP) is 2.81. The molecule has 1 aromatic heterocycles. The molecule has 1 N–H and O–H groups in total. The first-order valence-electron chi connectivity index (χ1n) is 5.96. The summed E-state index contributed by atoms with van der Waals surface area (Å²) in [5, 5.41) is 2.22. The van der Waals surface area contributed by atoms with Gasteiger partial charge in [-0.05, 0) is 24.8 Å². The summed E-state index contributed by atoms with van der Waals surface area (Å²) in [7, 11) is 0. The SMILES string of the molecule is O=C1Nc2ccncc2C(C#CC2CC2)(C(F)(F)F)O1. The van der Waals surface area contributed by atoms with E-state index in [0.717, 1.165) is 19.0 Å². The van der Waals surface area contributed by atoms with Crippen molar-refractivity contribution in [3.63, 3.8) is 0 Å².